The van der Waals surface area contributed by atoms with Crippen LogP contribution >= 0.6 is 0 Å². The number of rotatable bonds is 3. The molecule has 0 fully saturated rings. The van der Waals surface area contributed by atoms with Crippen molar-refractivity contribution in [2.75, 3.05) is 27.5 Å². The Labute approximate surface area is 103 Å². The fraction of sp³-hybridized carbons (Fsp3) is 0.333. The molecule has 1 N–H and O–H groups in total. The summed E-state index contributed by atoms with van der Waals surface area (Å²) in [7, 11) is 4.27. The third-order valence-electron chi connectivity index (χ3n) is 2.26. The Morgan fingerprint density at radius 2 is 1.94 bits per heavy atom. The van der Waals surface area contributed by atoms with Crippen molar-refractivity contribution in [1.82, 2.24) is 4.90 Å². The van der Waals surface area contributed by atoms with E-state index in [9.17, 15) is 0 Å². The molecular weight excluding hydrogens is 224 g/mol. The molecule has 0 saturated carbocycles. The maximum absolute atomic E-state index is 5.63. The summed E-state index contributed by atoms with van der Waals surface area (Å²) in [5, 5.41) is 0. The van der Waals surface area contributed by atoms with E-state index in [1.165, 1.54) is 4.90 Å². The van der Waals surface area contributed by atoms with Crippen LogP contribution in [0.2, 0.25) is 0 Å². The molecule has 0 unspecified atom stereocenters. The molecule has 88 valence electrons. The molecule has 0 bridgehead atoms. The van der Waals surface area contributed by atoms with Crippen LogP contribution in [0.1, 0.15) is 5.56 Å². The number of nitrogens with zero attached hydrogens (tertiary/aromatic N) is 1. The van der Waals surface area contributed by atoms with Crippen LogP contribution in [0.15, 0.2) is 36.5 Å². The van der Waals surface area contributed by atoms with Gasteiger partial charge in [0.2, 0.25) is 0 Å². The van der Waals surface area contributed by atoms with E-state index < -0.39 is 0 Å². The number of hydrogen-bond donors (Lipinski definition) is 1. The van der Waals surface area contributed by atoms with Gasteiger partial charge in [-0.15, -0.1) is 0 Å². The van der Waals surface area contributed by atoms with Gasteiger partial charge in [-0.25, -0.2) is 0 Å². The molecule has 0 aromatic heterocycles. The summed E-state index contributed by atoms with van der Waals surface area (Å²) in [6, 6.07) is 10.2. The van der Waals surface area contributed by atoms with E-state index >= 15 is 0 Å². The SMILES string of the molecule is C[NH+](C)CN1C=C(c2ccccc2)OC1.[Cl-]. The fourth-order valence-electron chi connectivity index (χ4n) is 1.65. The fourth-order valence-corrected chi connectivity index (χ4v) is 1.65. The molecule has 2 rings (SSSR count). The molecule has 0 spiro atoms. The standard InChI is InChI=1S/C12H16N2O.ClH/c1-13(2)9-14-8-12(15-10-14)11-6-4-3-5-7-11;/h3-8H,9-10H2,1-2H3;1H. The Morgan fingerprint density at radius 3 is 2.56 bits per heavy atom. The number of ether oxygens (including phenoxy) is 1. The maximum atomic E-state index is 5.63. The Morgan fingerprint density at radius 1 is 1.25 bits per heavy atom. The van der Waals surface area contributed by atoms with Crippen molar-refractivity contribution >= 4 is 5.76 Å². The Kier molecular flexibility index (Phi) is 4.65. The lowest BCUT2D eigenvalue weighted by Gasteiger charge is -2.15. The lowest BCUT2D eigenvalue weighted by atomic mass is 10.2. The predicted octanol–water partition coefficient (Wildman–Crippen LogP) is -2.62. The first kappa shape index (κ1) is 12.9. The second-order valence-corrected chi connectivity index (χ2v) is 4.09. The third-order valence-corrected chi connectivity index (χ3v) is 2.26. The van der Waals surface area contributed by atoms with Crippen LogP contribution in [0.5, 0.6) is 0 Å². The van der Waals surface area contributed by atoms with Crippen LogP contribution in [-0.2, 0) is 4.74 Å². The summed E-state index contributed by atoms with van der Waals surface area (Å²) in [4.78, 5) is 3.57. The molecule has 0 radical (unpaired) electrons. The highest BCUT2D eigenvalue weighted by molar-refractivity contribution is 5.60. The molecule has 0 amide bonds. The second-order valence-electron chi connectivity index (χ2n) is 4.09. The zero-order chi connectivity index (χ0) is 10.7. The second kappa shape index (κ2) is 5.77. The minimum absolute atomic E-state index is 0. The molecule has 1 aromatic rings. The molecule has 0 aliphatic carbocycles. The number of halogens is 1. The first-order valence-corrected chi connectivity index (χ1v) is 5.19. The topological polar surface area (TPSA) is 16.9 Å². The van der Waals surface area contributed by atoms with Gasteiger partial charge in [0.05, 0.1) is 20.3 Å². The molecule has 1 aliphatic rings. The molecule has 1 heterocycles. The molecule has 3 nitrogen and oxygen atoms in total. The van der Waals surface area contributed by atoms with Crippen LogP contribution in [-0.4, -0.2) is 32.4 Å². The minimum Gasteiger partial charge on any atom is -1.00 e. The number of quaternary nitrogens is 1. The summed E-state index contributed by atoms with van der Waals surface area (Å²) < 4.78 is 5.63. The average Bonchev–Trinajstić information content (AvgIpc) is 2.67. The molecule has 0 atom stereocenters. The van der Waals surface area contributed by atoms with Crippen molar-refractivity contribution in [2.24, 2.45) is 0 Å². The summed E-state index contributed by atoms with van der Waals surface area (Å²) in [6.07, 6.45) is 2.09. The first-order valence-electron chi connectivity index (χ1n) is 5.19. The average molecular weight is 241 g/mol. The highest BCUT2D eigenvalue weighted by Gasteiger charge is 2.15. The normalized spacial score (nSPS) is 14.4. The van der Waals surface area contributed by atoms with Gasteiger partial charge >= 0.3 is 0 Å². The highest BCUT2D eigenvalue weighted by Crippen LogP contribution is 2.20. The zero-order valence-electron chi connectivity index (χ0n) is 9.61. The smallest absolute Gasteiger partial charge is 0.165 e. The predicted molar refractivity (Wildman–Crippen MR) is 59.9 cm³/mol. The van der Waals surface area contributed by atoms with Crippen molar-refractivity contribution in [3.05, 3.63) is 42.1 Å². The Bertz CT molecular complexity index is 351. The van der Waals surface area contributed by atoms with Crippen molar-refractivity contribution in [2.45, 2.75) is 0 Å². The van der Waals surface area contributed by atoms with E-state index in [1.807, 2.05) is 18.2 Å². The first-order chi connectivity index (χ1) is 7.25. The number of nitrogens with one attached hydrogen (secondary N) is 1. The van der Waals surface area contributed by atoms with Gasteiger partial charge in [0.1, 0.15) is 5.76 Å². The summed E-state index contributed by atoms with van der Waals surface area (Å²) >= 11 is 0. The largest absolute Gasteiger partial charge is 1.00 e. The minimum atomic E-state index is 0. The molecule has 0 saturated heterocycles. The van der Waals surface area contributed by atoms with Gasteiger partial charge in [0, 0.05) is 5.56 Å². The van der Waals surface area contributed by atoms with E-state index in [1.54, 1.807) is 0 Å². The molecule has 16 heavy (non-hydrogen) atoms. The van der Waals surface area contributed by atoms with Crippen molar-refractivity contribution in [3.8, 4) is 0 Å². The van der Waals surface area contributed by atoms with Crippen molar-refractivity contribution in [3.63, 3.8) is 0 Å². The molecular formula is C12H17ClN2O. The van der Waals surface area contributed by atoms with Crippen LogP contribution in [0.3, 0.4) is 0 Å². The maximum Gasteiger partial charge on any atom is 0.165 e. The third kappa shape index (κ3) is 3.15. The summed E-state index contributed by atoms with van der Waals surface area (Å²) in [6.45, 7) is 1.63. The highest BCUT2D eigenvalue weighted by atomic mass is 35.5. The van der Waals surface area contributed by atoms with Crippen LogP contribution in [0.4, 0.5) is 0 Å². The van der Waals surface area contributed by atoms with Crippen LogP contribution < -0.4 is 17.3 Å². The van der Waals surface area contributed by atoms with Gasteiger partial charge in [-0.05, 0) is 0 Å². The van der Waals surface area contributed by atoms with E-state index in [0.717, 1.165) is 18.0 Å². The van der Waals surface area contributed by atoms with Gasteiger partial charge < -0.3 is 22.0 Å². The van der Waals surface area contributed by atoms with Gasteiger partial charge in [0.15, 0.2) is 13.4 Å². The van der Waals surface area contributed by atoms with E-state index in [-0.39, 0.29) is 12.4 Å². The van der Waals surface area contributed by atoms with Crippen molar-refractivity contribution in [1.29, 1.82) is 0 Å². The zero-order valence-corrected chi connectivity index (χ0v) is 10.4. The molecule has 1 aromatic carbocycles. The summed E-state index contributed by atoms with van der Waals surface area (Å²) in [5.41, 5.74) is 1.15. The lowest BCUT2D eigenvalue weighted by molar-refractivity contribution is -0.868. The lowest BCUT2D eigenvalue weighted by Crippen LogP contribution is -3.07. The molecule has 4 heteroatoms. The number of benzene rings is 1. The van der Waals surface area contributed by atoms with Crippen LogP contribution in [0, 0.1) is 0 Å². The Balaban J connectivity index is 0.00000128. The quantitative estimate of drug-likeness (QED) is 0.623. The molecule has 1 aliphatic heterocycles. The number of hydrogen-bond acceptors (Lipinski definition) is 2. The van der Waals surface area contributed by atoms with E-state index in [2.05, 4.69) is 37.3 Å². The summed E-state index contributed by atoms with van der Waals surface area (Å²) in [5.74, 6) is 0.969. The van der Waals surface area contributed by atoms with Gasteiger partial charge in [-0.2, -0.15) is 0 Å². The van der Waals surface area contributed by atoms with E-state index in [4.69, 9.17) is 4.74 Å². The van der Waals surface area contributed by atoms with Crippen LogP contribution in [0.25, 0.3) is 5.76 Å². The van der Waals surface area contributed by atoms with Gasteiger partial charge in [-0.3, -0.25) is 4.90 Å². The van der Waals surface area contributed by atoms with Gasteiger partial charge in [0.25, 0.3) is 0 Å². The monoisotopic (exact) mass is 240 g/mol. The van der Waals surface area contributed by atoms with Gasteiger partial charge in [-0.1, -0.05) is 30.3 Å². The van der Waals surface area contributed by atoms with Crippen molar-refractivity contribution < 1.29 is 22.0 Å². The van der Waals surface area contributed by atoms with E-state index in [0.29, 0.717) is 6.73 Å². The Hall–Kier alpha value is -1.19.